The van der Waals surface area contributed by atoms with E-state index in [1.165, 1.54) is 12.8 Å². The highest BCUT2D eigenvalue weighted by atomic mass is 32.1. The molecule has 1 unspecified atom stereocenters. The lowest BCUT2D eigenvalue weighted by Gasteiger charge is -2.47. The van der Waals surface area contributed by atoms with Crippen LogP contribution in [0.5, 0.6) is 0 Å². The molecular weight excluding hydrogens is 424 g/mol. The zero-order valence-corrected chi connectivity index (χ0v) is 22.8. The Bertz CT molecular complexity index is 380. The van der Waals surface area contributed by atoms with Crippen molar-refractivity contribution >= 4 is 30.0 Å². The van der Waals surface area contributed by atoms with E-state index >= 15 is 0 Å². The largest absolute Gasteiger partial charge is 0.500 e. The molecule has 1 aliphatic heterocycles. The first-order chi connectivity index (χ1) is 13.9. The van der Waals surface area contributed by atoms with Crippen molar-refractivity contribution in [2.24, 2.45) is 0 Å². The Morgan fingerprint density at radius 2 is 1.45 bits per heavy atom. The first kappa shape index (κ1) is 29.5. The van der Waals surface area contributed by atoms with E-state index in [2.05, 4.69) is 19.6 Å². The molecule has 0 radical (unpaired) electrons. The van der Waals surface area contributed by atoms with E-state index < -0.39 is 17.4 Å². The molecule has 0 aromatic heterocycles. The fourth-order valence-corrected chi connectivity index (χ4v) is 11.3. The average molecular weight is 471 g/mol. The van der Waals surface area contributed by atoms with Crippen LogP contribution in [-0.4, -0.2) is 69.5 Å². The number of hydrogen-bond acceptors (Lipinski definition) is 7. The minimum Gasteiger partial charge on any atom is -0.396 e. The van der Waals surface area contributed by atoms with Gasteiger partial charge in [0.2, 0.25) is 0 Å². The van der Waals surface area contributed by atoms with Crippen LogP contribution in [0, 0.1) is 0 Å². The number of rotatable bonds is 14. The van der Waals surface area contributed by atoms with Crippen LogP contribution in [0.3, 0.4) is 0 Å². The standard InChI is InChI=1S/C11H24O3Si.C9H22O3SSi/c1-5-8-11(12-2)9-6-7-10-15(11,13-3)14-4;1-4-10-14(11-5-2,12-6-3)9-7-8-13/h5-10H2,1-4H3;13H,4-9H2,1-3H3. The minimum atomic E-state index is -2.37. The monoisotopic (exact) mass is 470 g/mol. The Morgan fingerprint density at radius 3 is 1.83 bits per heavy atom. The highest BCUT2D eigenvalue weighted by Crippen LogP contribution is 2.42. The zero-order valence-electron chi connectivity index (χ0n) is 19.9. The van der Waals surface area contributed by atoms with Crippen LogP contribution < -0.4 is 0 Å². The molecule has 0 aromatic rings. The van der Waals surface area contributed by atoms with E-state index in [1.807, 2.05) is 20.8 Å². The predicted molar refractivity (Wildman–Crippen MR) is 127 cm³/mol. The average Bonchev–Trinajstić information content (AvgIpc) is 2.74. The molecule has 0 amide bonds. The smallest absolute Gasteiger partial charge is 0.396 e. The molecular formula is C20H46O6SSi2. The van der Waals surface area contributed by atoms with E-state index in [4.69, 9.17) is 26.9 Å². The molecule has 1 rings (SSSR count). The maximum atomic E-state index is 5.83. The summed E-state index contributed by atoms with van der Waals surface area (Å²) in [5.41, 5.74) is 0. The first-order valence-electron chi connectivity index (χ1n) is 11.1. The molecule has 29 heavy (non-hydrogen) atoms. The predicted octanol–water partition coefficient (Wildman–Crippen LogP) is 4.98. The van der Waals surface area contributed by atoms with Gasteiger partial charge in [0, 0.05) is 47.2 Å². The summed E-state index contributed by atoms with van der Waals surface area (Å²) < 4.78 is 34.4. The van der Waals surface area contributed by atoms with Crippen LogP contribution in [-0.2, 0) is 26.9 Å². The third-order valence-electron chi connectivity index (χ3n) is 5.47. The summed E-state index contributed by atoms with van der Waals surface area (Å²) >= 11 is 4.19. The molecule has 1 fully saturated rings. The maximum absolute atomic E-state index is 5.83. The highest BCUT2D eigenvalue weighted by molar-refractivity contribution is 7.80. The number of ether oxygens (including phenoxy) is 1. The topological polar surface area (TPSA) is 55.4 Å². The summed E-state index contributed by atoms with van der Waals surface area (Å²) in [4.78, 5) is 0. The molecule has 9 heteroatoms. The highest BCUT2D eigenvalue weighted by Gasteiger charge is 2.58. The van der Waals surface area contributed by atoms with Crippen molar-refractivity contribution in [3.05, 3.63) is 0 Å². The second-order valence-corrected chi connectivity index (χ2v) is 14.0. The van der Waals surface area contributed by atoms with E-state index in [9.17, 15) is 0 Å². The second kappa shape index (κ2) is 16.2. The van der Waals surface area contributed by atoms with Gasteiger partial charge in [0.15, 0.2) is 0 Å². The summed E-state index contributed by atoms with van der Waals surface area (Å²) in [5.74, 6) is 0.849. The molecule has 1 heterocycles. The third kappa shape index (κ3) is 8.53. The van der Waals surface area contributed by atoms with Crippen LogP contribution >= 0.6 is 12.6 Å². The van der Waals surface area contributed by atoms with Crippen molar-refractivity contribution in [2.45, 2.75) is 83.5 Å². The fourth-order valence-electron chi connectivity index (χ4n) is 4.22. The van der Waals surface area contributed by atoms with E-state index in [0.29, 0.717) is 19.8 Å². The van der Waals surface area contributed by atoms with Gasteiger partial charge in [-0.1, -0.05) is 26.2 Å². The maximum Gasteiger partial charge on any atom is 0.500 e. The first-order valence-corrected chi connectivity index (χ1v) is 15.7. The Labute approximate surface area is 187 Å². The fraction of sp³-hybridized carbons (Fsp3) is 1.00. The lowest BCUT2D eigenvalue weighted by atomic mass is 10.1. The Hall–Kier alpha value is 0.544. The quantitative estimate of drug-likeness (QED) is 0.285. The lowest BCUT2D eigenvalue weighted by molar-refractivity contribution is -0.0149. The summed E-state index contributed by atoms with van der Waals surface area (Å²) in [6, 6.07) is 1.93. The van der Waals surface area contributed by atoms with Crippen molar-refractivity contribution < 1.29 is 26.9 Å². The minimum absolute atomic E-state index is 0.122. The van der Waals surface area contributed by atoms with Crippen molar-refractivity contribution in [2.75, 3.05) is 46.9 Å². The Balaban J connectivity index is 0.000000543. The summed E-state index contributed by atoms with van der Waals surface area (Å²) in [6.07, 6.45) is 6.69. The summed E-state index contributed by atoms with van der Waals surface area (Å²) in [6.45, 7) is 10.1. The SMILES string of the molecule is CCCC1(OC)CCCC[Si]1(OC)OC.CCO[Si](CCCS)(OCC)OCC. The van der Waals surface area contributed by atoms with Crippen LogP contribution in [0.25, 0.3) is 0 Å². The van der Waals surface area contributed by atoms with Crippen molar-refractivity contribution in [1.82, 2.24) is 0 Å². The van der Waals surface area contributed by atoms with E-state index in [1.54, 1.807) is 21.3 Å². The van der Waals surface area contributed by atoms with Crippen LogP contribution in [0.1, 0.15) is 66.2 Å². The van der Waals surface area contributed by atoms with Gasteiger partial charge in [-0.2, -0.15) is 12.6 Å². The van der Waals surface area contributed by atoms with Crippen molar-refractivity contribution in [3.8, 4) is 0 Å². The summed E-state index contributed by atoms with van der Waals surface area (Å²) in [7, 11) is 0.852. The van der Waals surface area contributed by atoms with Gasteiger partial charge >= 0.3 is 17.4 Å². The van der Waals surface area contributed by atoms with Gasteiger partial charge in [-0.15, -0.1) is 0 Å². The van der Waals surface area contributed by atoms with Crippen molar-refractivity contribution in [1.29, 1.82) is 0 Å². The molecule has 1 saturated heterocycles. The molecule has 1 aliphatic rings. The molecule has 0 bridgehead atoms. The van der Waals surface area contributed by atoms with Gasteiger partial charge in [-0.05, 0) is 51.8 Å². The summed E-state index contributed by atoms with van der Waals surface area (Å²) in [5, 5.41) is -0.122. The Kier molecular flexibility index (Phi) is 16.5. The molecule has 176 valence electrons. The number of hydrogen-bond donors (Lipinski definition) is 1. The molecule has 0 aromatic carbocycles. The molecule has 0 aliphatic carbocycles. The molecule has 0 saturated carbocycles. The molecule has 0 N–H and O–H groups in total. The van der Waals surface area contributed by atoms with Gasteiger partial charge in [-0.3, -0.25) is 0 Å². The van der Waals surface area contributed by atoms with Gasteiger partial charge in [0.1, 0.15) is 5.22 Å². The van der Waals surface area contributed by atoms with Crippen LogP contribution in [0.15, 0.2) is 0 Å². The lowest BCUT2D eigenvalue weighted by Crippen LogP contribution is -2.64. The number of thiol groups is 1. The normalized spacial score (nSPS) is 21.5. The van der Waals surface area contributed by atoms with Crippen molar-refractivity contribution in [3.63, 3.8) is 0 Å². The van der Waals surface area contributed by atoms with E-state index in [0.717, 1.165) is 43.5 Å². The van der Waals surface area contributed by atoms with Crippen LogP contribution in [0.4, 0.5) is 0 Å². The third-order valence-corrected chi connectivity index (χ3v) is 13.4. The van der Waals surface area contributed by atoms with Crippen LogP contribution in [0.2, 0.25) is 12.1 Å². The number of methoxy groups -OCH3 is 1. The molecule has 6 nitrogen and oxygen atoms in total. The van der Waals surface area contributed by atoms with E-state index in [-0.39, 0.29) is 5.22 Å². The Morgan fingerprint density at radius 1 is 0.897 bits per heavy atom. The van der Waals surface area contributed by atoms with Gasteiger partial charge < -0.3 is 26.9 Å². The second-order valence-electron chi connectivity index (χ2n) is 7.13. The molecule has 0 spiro atoms. The van der Waals surface area contributed by atoms with Gasteiger partial charge in [-0.25, -0.2) is 0 Å². The van der Waals surface area contributed by atoms with Gasteiger partial charge in [0.05, 0.1) is 0 Å². The zero-order chi connectivity index (χ0) is 22.2. The molecule has 1 atom stereocenters. The van der Waals surface area contributed by atoms with Gasteiger partial charge in [0.25, 0.3) is 0 Å².